The second kappa shape index (κ2) is 8.70. The number of hydrogen-bond donors (Lipinski definition) is 1. The van der Waals surface area contributed by atoms with Crippen LogP contribution in [0.5, 0.6) is 0 Å². The highest BCUT2D eigenvalue weighted by Crippen LogP contribution is 2.35. The van der Waals surface area contributed by atoms with E-state index in [1.807, 2.05) is 18.2 Å². The molecule has 1 unspecified atom stereocenters. The van der Waals surface area contributed by atoms with Crippen molar-refractivity contribution in [2.75, 3.05) is 13.1 Å². The third-order valence-electron chi connectivity index (χ3n) is 5.51. The topological polar surface area (TPSA) is 46.3 Å². The van der Waals surface area contributed by atoms with E-state index in [1.54, 1.807) is 0 Å². The van der Waals surface area contributed by atoms with Gasteiger partial charge in [-0.3, -0.25) is 4.79 Å². The number of benzene rings is 1. The summed E-state index contributed by atoms with van der Waals surface area (Å²) in [6.07, 6.45) is 3.75. The van der Waals surface area contributed by atoms with E-state index in [4.69, 9.17) is 5.73 Å². The Morgan fingerprint density at radius 3 is 2.17 bits per heavy atom. The third-order valence-corrected chi connectivity index (χ3v) is 5.51. The van der Waals surface area contributed by atoms with E-state index in [1.165, 1.54) is 0 Å². The van der Waals surface area contributed by atoms with E-state index in [2.05, 4.69) is 37.8 Å². The summed E-state index contributed by atoms with van der Waals surface area (Å²) in [5, 5.41) is 0. The summed E-state index contributed by atoms with van der Waals surface area (Å²) in [5.41, 5.74) is 6.79. The molecule has 0 aromatic heterocycles. The molecule has 2 rings (SSSR count). The largest absolute Gasteiger partial charge is 0.342 e. The molecule has 1 saturated heterocycles. The number of amides is 1. The van der Waals surface area contributed by atoms with E-state index >= 15 is 0 Å². The lowest BCUT2D eigenvalue weighted by atomic mass is 9.74. The first-order valence-corrected chi connectivity index (χ1v) is 8.65. The maximum atomic E-state index is 13.3. The Morgan fingerprint density at radius 2 is 1.74 bits per heavy atom. The van der Waals surface area contributed by atoms with E-state index in [9.17, 15) is 4.79 Å². The van der Waals surface area contributed by atoms with Gasteiger partial charge in [-0.2, -0.15) is 0 Å². The molecule has 1 aromatic carbocycles. The fourth-order valence-corrected chi connectivity index (χ4v) is 3.77. The minimum absolute atomic E-state index is 0. The molecule has 130 valence electrons. The van der Waals surface area contributed by atoms with Crippen molar-refractivity contribution in [3.8, 4) is 0 Å². The lowest BCUT2D eigenvalue weighted by Gasteiger charge is -2.40. The quantitative estimate of drug-likeness (QED) is 0.888. The summed E-state index contributed by atoms with van der Waals surface area (Å²) in [6.45, 7) is 8.03. The molecule has 1 aliphatic rings. The van der Waals surface area contributed by atoms with Crippen molar-refractivity contribution in [3.63, 3.8) is 0 Å². The number of likely N-dealkylation sites (tertiary alicyclic amines) is 1. The summed E-state index contributed by atoms with van der Waals surface area (Å²) >= 11 is 0. The summed E-state index contributed by atoms with van der Waals surface area (Å²) in [6, 6.07) is 10.5. The predicted molar refractivity (Wildman–Crippen MR) is 98.9 cm³/mol. The van der Waals surface area contributed by atoms with Crippen LogP contribution in [-0.2, 0) is 10.2 Å². The number of piperidine rings is 1. The lowest BCUT2D eigenvalue weighted by Crippen LogP contribution is -2.50. The molecule has 1 aromatic rings. The molecule has 4 heteroatoms. The Balaban J connectivity index is 0.00000264. The smallest absolute Gasteiger partial charge is 0.233 e. The summed E-state index contributed by atoms with van der Waals surface area (Å²) in [5.74, 6) is 0.852. The molecule has 1 aliphatic heterocycles. The van der Waals surface area contributed by atoms with Gasteiger partial charge in [0.2, 0.25) is 5.91 Å². The molecule has 0 saturated carbocycles. The molecule has 1 heterocycles. The zero-order valence-corrected chi connectivity index (χ0v) is 15.4. The molecular weight excluding hydrogens is 308 g/mol. The average Bonchev–Trinajstić information content (AvgIpc) is 2.57. The molecule has 23 heavy (non-hydrogen) atoms. The van der Waals surface area contributed by atoms with Crippen molar-refractivity contribution in [2.24, 2.45) is 11.7 Å². The Kier molecular flexibility index (Phi) is 7.56. The van der Waals surface area contributed by atoms with Gasteiger partial charge in [0.25, 0.3) is 0 Å². The zero-order valence-electron chi connectivity index (χ0n) is 14.6. The van der Waals surface area contributed by atoms with E-state index < -0.39 is 0 Å². The van der Waals surface area contributed by atoms with Crippen molar-refractivity contribution in [1.29, 1.82) is 0 Å². The number of carbonyl (C=O) groups is 1. The second-order valence-electron chi connectivity index (χ2n) is 6.64. The van der Waals surface area contributed by atoms with Gasteiger partial charge in [0.15, 0.2) is 0 Å². The van der Waals surface area contributed by atoms with Crippen molar-refractivity contribution in [3.05, 3.63) is 35.9 Å². The summed E-state index contributed by atoms with van der Waals surface area (Å²) in [7, 11) is 0. The monoisotopic (exact) mass is 338 g/mol. The molecule has 1 amide bonds. The minimum atomic E-state index is -0.373. The first-order chi connectivity index (χ1) is 10.5. The fraction of sp³-hybridized carbons (Fsp3) is 0.632. The maximum absolute atomic E-state index is 13.3. The van der Waals surface area contributed by atoms with Gasteiger partial charge >= 0.3 is 0 Å². The molecule has 1 fully saturated rings. The van der Waals surface area contributed by atoms with Crippen LogP contribution in [0.4, 0.5) is 0 Å². The highest BCUT2D eigenvalue weighted by atomic mass is 35.5. The first kappa shape index (κ1) is 20.0. The van der Waals surface area contributed by atoms with Crippen LogP contribution in [0.1, 0.15) is 52.0 Å². The molecule has 0 radical (unpaired) electrons. The Hall–Kier alpha value is -1.06. The number of carbonyl (C=O) groups excluding carboxylic acids is 1. The minimum Gasteiger partial charge on any atom is -0.342 e. The second-order valence-corrected chi connectivity index (χ2v) is 6.64. The number of halogens is 1. The van der Waals surface area contributed by atoms with E-state index in [0.717, 1.165) is 44.3 Å². The van der Waals surface area contributed by atoms with Crippen LogP contribution in [0.3, 0.4) is 0 Å². The highest BCUT2D eigenvalue weighted by molar-refractivity contribution is 5.88. The van der Waals surface area contributed by atoms with Crippen molar-refractivity contribution in [1.82, 2.24) is 4.90 Å². The van der Waals surface area contributed by atoms with Crippen LogP contribution in [-0.4, -0.2) is 29.9 Å². The number of rotatable bonds is 5. The third kappa shape index (κ3) is 4.07. The predicted octanol–water partition coefficient (Wildman–Crippen LogP) is 3.75. The molecule has 1 atom stereocenters. The summed E-state index contributed by atoms with van der Waals surface area (Å²) < 4.78 is 0. The number of nitrogens with zero attached hydrogens (tertiary/aromatic N) is 1. The zero-order chi connectivity index (χ0) is 16.2. The van der Waals surface area contributed by atoms with Crippen LogP contribution >= 0.6 is 12.4 Å². The number of nitrogens with two attached hydrogens (primary N) is 1. The van der Waals surface area contributed by atoms with E-state index in [0.29, 0.717) is 11.8 Å². The van der Waals surface area contributed by atoms with Gasteiger partial charge in [-0.25, -0.2) is 0 Å². The lowest BCUT2D eigenvalue weighted by molar-refractivity contribution is -0.139. The Labute approximate surface area is 147 Å². The van der Waals surface area contributed by atoms with Gasteiger partial charge in [0.1, 0.15) is 0 Å². The molecule has 0 aliphatic carbocycles. The van der Waals surface area contributed by atoms with Gasteiger partial charge in [-0.1, -0.05) is 44.2 Å². The van der Waals surface area contributed by atoms with Crippen LogP contribution in [0.15, 0.2) is 30.3 Å². The fourth-order valence-electron chi connectivity index (χ4n) is 3.77. The molecule has 0 spiro atoms. The van der Waals surface area contributed by atoms with Crippen LogP contribution < -0.4 is 5.73 Å². The average molecular weight is 339 g/mol. The van der Waals surface area contributed by atoms with Crippen LogP contribution in [0.2, 0.25) is 0 Å². The van der Waals surface area contributed by atoms with Crippen molar-refractivity contribution < 1.29 is 4.79 Å². The van der Waals surface area contributed by atoms with Gasteiger partial charge in [-0.05, 0) is 44.1 Å². The maximum Gasteiger partial charge on any atom is 0.233 e. The molecule has 2 N–H and O–H groups in total. The normalized spacial score (nSPS) is 17.5. The number of hydrogen-bond acceptors (Lipinski definition) is 2. The SMILES string of the molecule is CCC(CC)(C(=O)N1CCC(C(C)N)CC1)c1ccccc1.Cl. The van der Waals surface area contributed by atoms with Gasteiger partial charge in [0, 0.05) is 19.1 Å². The first-order valence-electron chi connectivity index (χ1n) is 8.65. The van der Waals surface area contributed by atoms with Crippen LogP contribution in [0, 0.1) is 5.92 Å². The van der Waals surface area contributed by atoms with Gasteiger partial charge in [0.05, 0.1) is 5.41 Å². The summed E-state index contributed by atoms with van der Waals surface area (Å²) in [4.78, 5) is 15.3. The molecule has 0 bridgehead atoms. The van der Waals surface area contributed by atoms with Crippen LogP contribution in [0.25, 0.3) is 0 Å². The molecule has 3 nitrogen and oxygen atoms in total. The van der Waals surface area contributed by atoms with E-state index in [-0.39, 0.29) is 23.9 Å². The van der Waals surface area contributed by atoms with Crippen molar-refractivity contribution >= 4 is 18.3 Å². The Morgan fingerprint density at radius 1 is 1.22 bits per heavy atom. The van der Waals surface area contributed by atoms with Gasteiger partial charge < -0.3 is 10.6 Å². The molecular formula is C19H31ClN2O. The Bertz CT molecular complexity index is 477. The standard InChI is InChI=1S/C19H30N2O.ClH/c1-4-19(5-2,17-9-7-6-8-10-17)18(22)21-13-11-16(12-14-21)15(3)20;/h6-10,15-16H,4-5,11-14,20H2,1-3H3;1H. The van der Waals surface area contributed by atoms with Gasteiger partial charge in [-0.15, -0.1) is 12.4 Å². The highest BCUT2D eigenvalue weighted by Gasteiger charge is 2.40. The van der Waals surface area contributed by atoms with Crippen molar-refractivity contribution in [2.45, 2.75) is 57.9 Å².